The van der Waals surface area contributed by atoms with Gasteiger partial charge in [-0.15, -0.1) is 13.2 Å². The molecule has 2 aromatic rings. The van der Waals surface area contributed by atoms with Gasteiger partial charge in [-0.3, -0.25) is 0 Å². The van der Waals surface area contributed by atoms with E-state index in [2.05, 4.69) is 10.1 Å². The molecular weight excluding hydrogens is 323 g/mol. The molecule has 0 aliphatic rings. The Hall–Kier alpha value is -2.25. The zero-order chi connectivity index (χ0) is 17.4. The molecule has 0 spiro atoms. The van der Waals surface area contributed by atoms with Gasteiger partial charge in [-0.1, -0.05) is 36.4 Å². The second-order valence-electron chi connectivity index (χ2n) is 5.11. The van der Waals surface area contributed by atoms with Crippen molar-refractivity contribution in [2.45, 2.75) is 19.1 Å². The molecular formula is C17H18F3NO3. The minimum Gasteiger partial charge on any atom is -0.406 e. The Labute approximate surface area is 137 Å². The van der Waals surface area contributed by atoms with Gasteiger partial charge in [0.15, 0.2) is 0 Å². The molecule has 0 heterocycles. The van der Waals surface area contributed by atoms with Gasteiger partial charge in [0, 0.05) is 18.3 Å². The van der Waals surface area contributed by atoms with E-state index >= 15 is 0 Å². The Morgan fingerprint density at radius 2 is 1.79 bits per heavy atom. The number of nitrogens with one attached hydrogen (secondary N) is 1. The first-order chi connectivity index (χ1) is 11.4. The number of aliphatic hydroxyl groups excluding tert-OH is 1. The normalized spacial score (nSPS) is 12.7. The molecule has 0 bridgehead atoms. The number of anilines is 1. The fourth-order valence-electron chi connectivity index (χ4n) is 1.98. The minimum absolute atomic E-state index is 0.112. The standard InChI is InChI=1S/C17H18F3NO3/c18-17(19,20)24-16-8-4-7-14(9-16)21-10-15(22)12-23-11-13-5-2-1-3-6-13/h1-9,15,21-22H,10-12H2. The molecule has 1 atom stereocenters. The molecule has 2 N–H and O–H groups in total. The molecule has 0 aromatic heterocycles. The maximum atomic E-state index is 12.2. The van der Waals surface area contributed by atoms with E-state index in [1.807, 2.05) is 30.3 Å². The van der Waals surface area contributed by atoms with Gasteiger partial charge in [0.1, 0.15) is 5.75 Å². The summed E-state index contributed by atoms with van der Waals surface area (Å²) in [6.07, 6.45) is -5.52. The van der Waals surface area contributed by atoms with Crippen LogP contribution in [-0.4, -0.2) is 30.7 Å². The molecule has 24 heavy (non-hydrogen) atoms. The highest BCUT2D eigenvalue weighted by atomic mass is 19.4. The number of hydrogen-bond acceptors (Lipinski definition) is 4. The molecule has 0 aliphatic carbocycles. The highest BCUT2D eigenvalue weighted by Gasteiger charge is 2.31. The van der Waals surface area contributed by atoms with E-state index in [4.69, 9.17) is 4.74 Å². The van der Waals surface area contributed by atoms with E-state index in [9.17, 15) is 18.3 Å². The van der Waals surface area contributed by atoms with Crippen molar-refractivity contribution in [3.8, 4) is 5.75 Å². The smallest absolute Gasteiger partial charge is 0.406 e. The third kappa shape index (κ3) is 6.89. The third-order valence-corrected chi connectivity index (χ3v) is 3.03. The summed E-state index contributed by atoms with van der Waals surface area (Å²) >= 11 is 0. The van der Waals surface area contributed by atoms with E-state index in [1.54, 1.807) is 6.07 Å². The molecule has 4 nitrogen and oxygen atoms in total. The van der Waals surface area contributed by atoms with Gasteiger partial charge >= 0.3 is 6.36 Å². The summed E-state index contributed by atoms with van der Waals surface area (Å²) < 4.78 is 45.7. The van der Waals surface area contributed by atoms with Crippen LogP contribution in [0.5, 0.6) is 5.75 Å². The number of alkyl halides is 3. The number of benzene rings is 2. The third-order valence-electron chi connectivity index (χ3n) is 3.03. The lowest BCUT2D eigenvalue weighted by Gasteiger charge is -2.14. The molecule has 1 unspecified atom stereocenters. The van der Waals surface area contributed by atoms with E-state index in [0.29, 0.717) is 12.3 Å². The summed E-state index contributed by atoms with van der Waals surface area (Å²) in [6.45, 7) is 0.637. The summed E-state index contributed by atoms with van der Waals surface area (Å²) in [7, 11) is 0. The Balaban J connectivity index is 1.73. The first-order valence-electron chi connectivity index (χ1n) is 7.32. The van der Waals surface area contributed by atoms with Crippen LogP contribution in [-0.2, 0) is 11.3 Å². The number of rotatable bonds is 8. The number of hydrogen-bond donors (Lipinski definition) is 2. The van der Waals surface area contributed by atoms with Gasteiger partial charge in [-0.25, -0.2) is 0 Å². The quantitative estimate of drug-likeness (QED) is 0.771. The summed E-state index contributed by atoms with van der Waals surface area (Å²) in [5.74, 6) is -0.317. The number of aliphatic hydroxyl groups is 1. The second kappa shape index (κ2) is 8.56. The Kier molecular flexibility index (Phi) is 6.45. The molecule has 2 aromatic carbocycles. The van der Waals surface area contributed by atoms with Gasteiger partial charge in [0.25, 0.3) is 0 Å². The topological polar surface area (TPSA) is 50.7 Å². The van der Waals surface area contributed by atoms with Crippen molar-refractivity contribution in [1.82, 2.24) is 0 Å². The van der Waals surface area contributed by atoms with Crippen molar-refractivity contribution < 1.29 is 27.8 Å². The highest BCUT2D eigenvalue weighted by molar-refractivity contribution is 5.48. The van der Waals surface area contributed by atoms with Gasteiger partial charge < -0.3 is 19.9 Å². The van der Waals surface area contributed by atoms with Crippen molar-refractivity contribution in [2.24, 2.45) is 0 Å². The van der Waals surface area contributed by atoms with E-state index in [-0.39, 0.29) is 18.9 Å². The first kappa shape index (κ1) is 18.1. The zero-order valence-corrected chi connectivity index (χ0v) is 12.8. The molecule has 7 heteroatoms. The summed E-state index contributed by atoms with van der Waals surface area (Å²) in [5, 5.41) is 12.7. The first-order valence-corrected chi connectivity index (χ1v) is 7.32. The maximum Gasteiger partial charge on any atom is 0.573 e. The van der Waals surface area contributed by atoms with Crippen LogP contribution in [0.3, 0.4) is 0 Å². The zero-order valence-electron chi connectivity index (χ0n) is 12.8. The van der Waals surface area contributed by atoms with Crippen molar-refractivity contribution in [3.05, 3.63) is 60.2 Å². The maximum absolute atomic E-state index is 12.2. The van der Waals surface area contributed by atoms with Gasteiger partial charge in [-0.2, -0.15) is 0 Å². The molecule has 0 saturated heterocycles. The van der Waals surface area contributed by atoms with Crippen LogP contribution in [0, 0.1) is 0 Å². The summed E-state index contributed by atoms with van der Waals surface area (Å²) in [6, 6.07) is 15.0. The molecule has 0 saturated carbocycles. The van der Waals surface area contributed by atoms with Crippen LogP contribution in [0.1, 0.15) is 5.56 Å². The molecule has 2 rings (SSSR count). The average molecular weight is 341 g/mol. The Morgan fingerprint density at radius 3 is 2.50 bits per heavy atom. The SMILES string of the molecule is OC(CNc1cccc(OC(F)(F)F)c1)COCc1ccccc1. The Bertz CT molecular complexity index is 620. The minimum atomic E-state index is -4.73. The fourth-order valence-corrected chi connectivity index (χ4v) is 1.98. The van der Waals surface area contributed by atoms with Gasteiger partial charge in [-0.05, 0) is 17.7 Å². The molecule has 0 aliphatic heterocycles. The molecule has 0 amide bonds. The van der Waals surface area contributed by atoms with Crippen molar-refractivity contribution in [1.29, 1.82) is 0 Å². The monoisotopic (exact) mass is 341 g/mol. The van der Waals surface area contributed by atoms with Crippen molar-refractivity contribution >= 4 is 5.69 Å². The second-order valence-corrected chi connectivity index (χ2v) is 5.11. The molecule has 0 fully saturated rings. The molecule has 130 valence electrons. The number of halogens is 3. The predicted octanol–water partition coefficient (Wildman–Crippen LogP) is 3.57. The van der Waals surface area contributed by atoms with E-state index < -0.39 is 12.5 Å². The van der Waals surface area contributed by atoms with Gasteiger partial charge in [0.05, 0.1) is 19.3 Å². The lowest BCUT2D eigenvalue weighted by molar-refractivity contribution is -0.274. The van der Waals surface area contributed by atoms with Crippen molar-refractivity contribution in [3.63, 3.8) is 0 Å². The van der Waals surface area contributed by atoms with Crippen LogP contribution in [0.4, 0.5) is 18.9 Å². The summed E-state index contributed by atoms with van der Waals surface area (Å²) in [5.41, 5.74) is 1.41. The average Bonchev–Trinajstić information content (AvgIpc) is 2.53. The van der Waals surface area contributed by atoms with Crippen LogP contribution in [0.2, 0.25) is 0 Å². The highest BCUT2D eigenvalue weighted by Crippen LogP contribution is 2.24. The van der Waals surface area contributed by atoms with E-state index in [0.717, 1.165) is 5.56 Å². The Morgan fingerprint density at radius 1 is 1.04 bits per heavy atom. The lowest BCUT2D eigenvalue weighted by Crippen LogP contribution is -2.24. The van der Waals surface area contributed by atoms with Crippen LogP contribution >= 0.6 is 0 Å². The van der Waals surface area contributed by atoms with E-state index in [1.165, 1.54) is 18.2 Å². The molecule has 0 radical (unpaired) electrons. The van der Waals surface area contributed by atoms with Crippen LogP contribution in [0.25, 0.3) is 0 Å². The largest absolute Gasteiger partial charge is 0.573 e. The van der Waals surface area contributed by atoms with Crippen LogP contribution in [0.15, 0.2) is 54.6 Å². The number of ether oxygens (including phenoxy) is 2. The summed E-state index contributed by atoms with van der Waals surface area (Å²) in [4.78, 5) is 0. The fraction of sp³-hybridized carbons (Fsp3) is 0.294. The van der Waals surface area contributed by atoms with Crippen molar-refractivity contribution in [2.75, 3.05) is 18.5 Å². The van der Waals surface area contributed by atoms with Gasteiger partial charge in [0.2, 0.25) is 0 Å². The lowest BCUT2D eigenvalue weighted by atomic mass is 10.2. The predicted molar refractivity (Wildman–Crippen MR) is 83.7 cm³/mol. The van der Waals surface area contributed by atoms with Crippen LogP contribution < -0.4 is 10.1 Å².